The Hall–Kier alpha value is -4.07. The van der Waals surface area contributed by atoms with E-state index in [4.69, 9.17) is 14.5 Å². The fraction of sp³-hybridized carbons (Fsp3) is 0.310. The van der Waals surface area contributed by atoms with E-state index in [0.717, 1.165) is 65.5 Å². The molecular weight excluding hydrogens is 471 g/mol. The molecule has 2 aliphatic rings. The first-order valence-corrected chi connectivity index (χ1v) is 12.7. The molecule has 0 atom stereocenters. The topological polar surface area (TPSA) is 68.6 Å². The van der Waals surface area contributed by atoms with Crippen molar-refractivity contribution in [3.63, 3.8) is 0 Å². The average Bonchev–Trinajstić information content (AvgIpc) is 3.53. The minimum atomic E-state index is -0.237. The normalized spacial score (nSPS) is 15.3. The van der Waals surface area contributed by atoms with E-state index in [1.807, 2.05) is 42.5 Å². The number of halogens is 1. The second-order valence-electron chi connectivity index (χ2n) is 9.63. The summed E-state index contributed by atoms with van der Waals surface area (Å²) in [6.45, 7) is 2.38. The zero-order valence-corrected chi connectivity index (χ0v) is 20.5. The van der Waals surface area contributed by atoms with Gasteiger partial charge in [-0.2, -0.15) is 0 Å². The summed E-state index contributed by atoms with van der Waals surface area (Å²) in [5, 5.41) is 3.21. The van der Waals surface area contributed by atoms with Gasteiger partial charge in [-0.05, 0) is 66.8 Å². The highest BCUT2D eigenvalue weighted by Gasteiger charge is 2.25. The fourth-order valence-corrected chi connectivity index (χ4v) is 5.16. The van der Waals surface area contributed by atoms with Crippen LogP contribution in [-0.4, -0.2) is 41.4 Å². The predicted octanol–water partition coefficient (Wildman–Crippen LogP) is 4.67. The SMILES string of the molecule is O=C(CCc1ccc2c(c1)OCO2)NC1CCN(c2nc3ccccc3n2Cc2cccc(F)c2)CC1. The molecule has 2 aliphatic heterocycles. The number of fused-ring (bicyclic) bond motifs is 2. The lowest BCUT2D eigenvalue weighted by molar-refractivity contribution is -0.121. The van der Waals surface area contributed by atoms with E-state index in [1.54, 1.807) is 12.1 Å². The number of nitrogens with one attached hydrogen (secondary N) is 1. The maximum Gasteiger partial charge on any atom is 0.231 e. The molecule has 190 valence electrons. The molecule has 1 N–H and O–H groups in total. The number of carbonyl (C=O) groups is 1. The summed E-state index contributed by atoms with van der Waals surface area (Å²) >= 11 is 0. The van der Waals surface area contributed by atoms with Gasteiger partial charge in [0.15, 0.2) is 11.5 Å². The molecule has 0 saturated carbocycles. The van der Waals surface area contributed by atoms with Crippen LogP contribution in [0.3, 0.4) is 0 Å². The third-order valence-corrected chi connectivity index (χ3v) is 7.08. The van der Waals surface area contributed by atoms with Crippen molar-refractivity contribution >= 4 is 22.9 Å². The lowest BCUT2D eigenvalue weighted by Gasteiger charge is -2.33. The van der Waals surface area contributed by atoms with Crippen LogP contribution in [0.1, 0.15) is 30.4 Å². The van der Waals surface area contributed by atoms with Gasteiger partial charge in [-0.15, -0.1) is 0 Å². The van der Waals surface area contributed by atoms with Gasteiger partial charge in [0.05, 0.1) is 17.6 Å². The standard InChI is InChI=1S/C29H29FN4O3/c30-22-5-3-4-21(16-22)18-34-25-7-2-1-6-24(25)32-29(34)33-14-12-23(13-15-33)31-28(35)11-9-20-8-10-26-27(17-20)37-19-36-26/h1-8,10,16-17,23H,9,11-15,18-19H2,(H,31,35). The van der Waals surface area contributed by atoms with Crippen molar-refractivity contribution in [2.24, 2.45) is 0 Å². The Morgan fingerprint density at radius 3 is 2.68 bits per heavy atom. The molecule has 1 amide bonds. The van der Waals surface area contributed by atoms with Crippen LogP contribution in [0.4, 0.5) is 10.3 Å². The number of rotatable bonds is 7. The summed E-state index contributed by atoms with van der Waals surface area (Å²) in [7, 11) is 0. The number of para-hydroxylation sites is 2. The number of anilines is 1. The van der Waals surface area contributed by atoms with Crippen molar-refractivity contribution in [1.29, 1.82) is 0 Å². The summed E-state index contributed by atoms with van der Waals surface area (Å²) in [5.41, 5.74) is 3.91. The van der Waals surface area contributed by atoms with Crippen molar-refractivity contribution in [3.8, 4) is 11.5 Å². The van der Waals surface area contributed by atoms with Gasteiger partial charge in [-0.1, -0.05) is 30.3 Å². The van der Waals surface area contributed by atoms with Crippen LogP contribution in [0.15, 0.2) is 66.7 Å². The molecule has 1 aromatic heterocycles. The highest BCUT2D eigenvalue weighted by atomic mass is 19.1. The van der Waals surface area contributed by atoms with Crippen LogP contribution < -0.4 is 19.7 Å². The quantitative estimate of drug-likeness (QED) is 0.400. The number of aryl methyl sites for hydroxylation is 1. The lowest BCUT2D eigenvalue weighted by Crippen LogP contribution is -2.45. The zero-order chi connectivity index (χ0) is 25.2. The summed E-state index contributed by atoms with van der Waals surface area (Å²) in [5.74, 6) is 2.21. The van der Waals surface area contributed by atoms with Crippen molar-refractivity contribution in [1.82, 2.24) is 14.9 Å². The number of ether oxygens (including phenoxy) is 2. The van der Waals surface area contributed by atoms with Crippen LogP contribution in [0, 0.1) is 5.82 Å². The van der Waals surface area contributed by atoms with Gasteiger partial charge in [0.1, 0.15) is 5.82 Å². The Balaban J connectivity index is 1.08. The Labute approximate surface area is 214 Å². The van der Waals surface area contributed by atoms with E-state index >= 15 is 0 Å². The molecule has 4 aromatic rings. The first kappa shape index (κ1) is 23.3. The van der Waals surface area contributed by atoms with Gasteiger partial charge in [0.2, 0.25) is 18.6 Å². The molecular formula is C29H29FN4O3. The summed E-state index contributed by atoms with van der Waals surface area (Å²) in [6, 6.07) is 20.7. The number of hydrogen-bond acceptors (Lipinski definition) is 5. The molecule has 0 aliphatic carbocycles. The summed E-state index contributed by atoms with van der Waals surface area (Å²) < 4.78 is 26.8. The van der Waals surface area contributed by atoms with E-state index in [9.17, 15) is 9.18 Å². The number of imidazole rings is 1. The van der Waals surface area contributed by atoms with E-state index < -0.39 is 0 Å². The zero-order valence-electron chi connectivity index (χ0n) is 20.5. The molecule has 6 rings (SSSR count). The van der Waals surface area contributed by atoms with E-state index in [1.165, 1.54) is 6.07 Å². The number of carbonyl (C=O) groups excluding carboxylic acids is 1. The number of amides is 1. The van der Waals surface area contributed by atoms with Gasteiger partial charge in [-0.3, -0.25) is 4.79 Å². The third-order valence-electron chi connectivity index (χ3n) is 7.08. The molecule has 3 aromatic carbocycles. The van der Waals surface area contributed by atoms with E-state index in [0.29, 0.717) is 19.4 Å². The number of benzene rings is 3. The van der Waals surface area contributed by atoms with Crippen LogP contribution in [0.5, 0.6) is 11.5 Å². The number of nitrogens with zero attached hydrogens (tertiary/aromatic N) is 3. The molecule has 3 heterocycles. The second kappa shape index (κ2) is 10.1. The first-order chi connectivity index (χ1) is 18.1. The number of piperidine rings is 1. The van der Waals surface area contributed by atoms with Crippen molar-refractivity contribution < 1.29 is 18.7 Å². The largest absolute Gasteiger partial charge is 0.454 e. The van der Waals surface area contributed by atoms with Gasteiger partial charge in [0.25, 0.3) is 0 Å². The monoisotopic (exact) mass is 500 g/mol. The molecule has 1 fully saturated rings. The number of hydrogen-bond donors (Lipinski definition) is 1. The lowest BCUT2D eigenvalue weighted by atomic mass is 10.0. The molecule has 37 heavy (non-hydrogen) atoms. The first-order valence-electron chi connectivity index (χ1n) is 12.7. The summed E-state index contributed by atoms with van der Waals surface area (Å²) in [4.78, 5) is 19.8. The minimum absolute atomic E-state index is 0.0643. The Morgan fingerprint density at radius 2 is 1.81 bits per heavy atom. The second-order valence-corrected chi connectivity index (χ2v) is 9.63. The Kier molecular flexibility index (Phi) is 6.39. The third kappa shape index (κ3) is 5.09. The van der Waals surface area contributed by atoms with Gasteiger partial charge >= 0.3 is 0 Å². The van der Waals surface area contributed by atoms with Crippen LogP contribution in [0.2, 0.25) is 0 Å². The van der Waals surface area contributed by atoms with E-state index in [-0.39, 0.29) is 24.6 Å². The molecule has 0 bridgehead atoms. The smallest absolute Gasteiger partial charge is 0.231 e. The molecule has 1 saturated heterocycles. The fourth-order valence-electron chi connectivity index (χ4n) is 5.16. The van der Waals surface area contributed by atoms with Crippen molar-refractivity contribution in [2.75, 3.05) is 24.8 Å². The highest BCUT2D eigenvalue weighted by molar-refractivity contribution is 5.79. The van der Waals surface area contributed by atoms with Crippen molar-refractivity contribution in [2.45, 2.75) is 38.3 Å². The Morgan fingerprint density at radius 1 is 0.973 bits per heavy atom. The number of aromatic nitrogens is 2. The van der Waals surface area contributed by atoms with E-state index in [2.05, 4.69) is 20.9 Å². The van der Waals surface area contributed by atoms with Crippen molar-refractivity contribution in [3.05, 3.63) is 83.7 Å². The average molecular weight is 501 g/mol. The molecule has 0 radical (unpaired) electrons. The predicted molar refractivity (Wildman–Crippen MR) is 139 cm³/mol. The maximum absolute atomic E-state index is 13.8. The molecule has 7 nitrogen and oxygen atoms in total. The summed E-state index contributed by atoms with van der Waals surface area (Å²) in [6.07, 6.45) is 2.78. The van der Waals surface area contributed by atoms with Crippen LogP contribution in [0.25, 0.3) is 11.0 Å². The minimum Gasteiger partial charge on any atom is -0.454 e. The van der Waals surface area contributed by atoms with Crippen LogP contribution >= 0.6 is 0 Å². The van der Waals surface area contributed by atoms with Gasteiger partial charge < -0.3 is 24.3 Å². The highest BCUT2D eigenvalue weighted by Crippen LogP contribution is 2.33. The molecule has 8 heteroatoms. The molecule has 0 unspecified atom stereocenters. The molecule has 0 spiro atoms. The van der Waals surface area contributed by atoms with Crippen LogP contribution in [-0.2, 0) is 17.8 Å². The maximum atomic E-state index is 13.8. The van der Waals surface area contributed by atoms with Gasteiger partial charge in [-0.25, -0.2) is 9.37 Å². The van der Waals surface area contributed by atoms with Gasteiger partial charge in [0, 0.05) is 25.6 Å². The Bertz CT molecular complexity index is 1430.